The second kappa shape index (κ2) is 8.09. The molecule has 0 atom stereocenters. The van der Waals surface area contributed by atoms with Crippen molar-refractivity contribution in [1.82, 2.24) is 5.32 Å². The molecular weight excluding hydrogens is 268 g/mol. The second-order valence-electron chi connectivity index (χ2n) is 4.83. The Balaban J connectivity index is 2.97. The molecule has 5 heteroatoms. The SMILES string of the molecule is C=CCNC(=O)CN(C(C)=O)c1ccccc1OC(C)C. The normalized spacial score (nSPS) is 10.1. The van der Waals surface area contributed by atoms with Crippen LogP contribution < -0.4 is 15.0 Å². The molecule has 0 aliphatic rings. The summed E-state index contributed by atoms with van der Waals surface area (Å²) in [7, 11) is 0. The summed E-state index contributed by atoms with van der Waals surface area (Å²) in [6, 6.07) is 7.18. The lowest BCUT2D eigenvalue weighted by molar-refractivity contribution is -0.122. The zero-order valence-corrected chi connectivity index (χ0v) is 12.8. The van der Waals surface area contributed by atoms with Crippen molar-refractivity contribution in [2.24, 2.45) is 0 Å². The fraction of sp³-hybridized carbons (Fsp3) is 0.375. The third kappa shape index (κ3) is 5.30. The predicted molar refractivity (Wildman–Crippen MR) is 83.4 cm³/mol. The lowest BCUT2D eigenvalue weighted by Gasteiger charge is -2.24. The van der Waals surface area contributed by atoms with Gasteiger partial charge in [0.2, 0.25) is 11.8 Å². The molecule has 0 unspecified atom stereocenters. The maximum absolute atomic E-state index is 11.9. The molecule has 0 spiro atoms. The first kappa shape index (κ1) is 16.8. The van der Waals surface area contributed by atoms with Gasteiger partial charge in [0, 0.05) is 13.5 Å². The van der Waals surface area contributed by atoms with E-state index in [1.165, 1.54) is 11.8 Å². The third-order valence-corrected chi connectivity index (χ3v) is 2.64. The van der Waals surface area contributed by atoms with Crippen molar-refractivity contribution in [2.75, 3.05) is 18.0 Å². The minimum atomic E-state index is -0.246. The highest BCUT2D eigenvalue weighted by Gasteiger charge is 2.19. The van der Waals surface area contributed by atoms with E-state index in [4.69, 9.17) is 4.74 Å². The molecule has 0 radical (unpaired) electrons. The molecule has 1 rings (SSSR count). The maximum Gasteiger partial charge on any atom is 0.240 e. The van der Waals surface area contributed by atoms with Crippen molar-refractivity contribution in [1.29, 1.82) is 0 Å². The number of carbonyl (C=O) groups excluding carboxylic acids is 2. The average Bonchev–Trinajstić information content (AvgIpc) is 2.42. The fourth-order valence-electron chi connectivity index (χ4n) is 1.79. The molecule has 0 aliphatic carbocycles. The minimum absolute atomic E-state index is 0.0189. The van der Waals surface area contributed by atoms with Crippen molar-refractivity contribution >= 4 is 17.5 Å². The fourth-order valence-corrected chi connectivity index (χ4v) is 1.79. The van der Waals surface area contributed by atoms with Crippen LogP contribution in [0.2, 0.25) is 0 Å². The van der Waals surface area contributed by atoms with Gasteiger partial charge in [-0.3, -0.25) is 14.5 Å². The van der Waals surface area contributed by atoms with Gasteiger partial charge in [0.15, 0.2) is 0 Å². The molecule has 0 heterocycles. The van der Waals surface area contributed by atoms with Crippen LogP contribution in [0, 0.1) is 0 Å². The standard InChI is InChI=1S/C16H22N2O3/c1-5-10-17-16(20)11-18(13(4)19)14-8-6-7-9-15(14)21-12(2)3/h5-9,12H,1,10-11H2,2-4H3,(H,17,20). The van der Waals surface area contributed by atoms with Gasteiger partial charge < -0.3 is 10.1 Å². The predicted octanol–water partition coefficient (Wildman–Crippen LogP) is 2.13. The van der Waals surface area contributed by atoms with Crippen molar-refractivity contribution in [3.05, 3.63) is 36.9 Å². The van der Waals surface area contributed by atoms with E-state index in [2.05, 4.69) is 11.9 Å². The molecule has 114 valence electrons. The second-order valence-corrected chi connectivity index (χ2v) is 4.83. The summed E-state index contributed by atoms with van der Waals surface area (Å²) in [6.07, 6.45) is 1.57. The number of amides is 2. The molecule has 1 aromatic rings. The summed E-state index contributed by atoms with van der Waals surface area (Å²) < 4.78 is 5.70. The molecule has 0 saturated carbocycles. The number of para-hydroxylation sites is 2. The Hall–Kier alpha value is -2.30. The first-order chi connectivity index (χ1) is 9.95. The Morgan fingerprint density at radius 2 is 2.05 bits per heavy atom. The average molecular weight is 290 g/mol. The smallest absolute Gasteiger partial charge is 0.240 e. The van der Waals surface area contributed by atoms with Gasteiger partial charge in [-0.2, -0.15) is 0 Å². The maximum atomic E-state index is 11.9. The van der Waals surface area contributed by atoms with E-state index in [-0.39, 0.29) is 24.5 Å². The number of carbonyl (C=O) groups is 2. The van der Waals surface area contributed by atoms with Crippen LogP contribution in [-0.2, 0) is 9.59 Å². The zero-order chi connectivity index (χ0) is 15.8. The number of hydrogen-bond donors (Lipinski definition) is 1. The molecule has 5 nitrogen and oxygen atoms in total. The quantitative estimate of drug-likeness (QED) is 0.783. The molecule has 1 aromatic carbocycles. The molecule has 0 saturated heterocycles. The van der Waals surface area contributed by atoms with Gasteiger partial charge in [-0.1, -0.05) is 18.2 Å². The van der Waals surface area contributed by atoms with E-state index in [0.29, 0.717) is 18.0 Å². The van der Waals surface area contributed by atoms with Crippen LogP contribution in [0.4, 0.5) is 5.69 Å². The van der Waals surface area contributed by atoms with E-state index in [1.54, 1.807) is 24.3 Å². The van der Waals surface area contributed by atoms with Crippen LogP contribution in [0.3, 0.4) is 0 Å². The molecule has 2 amide bonds. The number of benzene rings is 1. The van der Waals surface area contributed by atoms with Gasteiger partial charge in [0.25, 0.3) is 0 Å². The summed E-state index contributed by atoms with van der Waals surface area (Å²) in [6.45, 7) is 9.09. The van der Waals surface area contributed by atoms with Crippen LogP contribution >= 0.6 is 0 Å². The summed E-state index contributed by atoms with van der Waals surface area (Å²) in [5.74, 6) is 0.118. The van der Waals surface area contributed by atoms with E-state index in [1.807, 2.05) is 19.9 Å². The number of anilines is 1. The van der Waals surface area contributed by atoms with Crippen LogP contribution in [0.1, 0.15) is 20.8 Å². The number of ether oxygens (including phenoxy) is 1. The summed E-state index contributed by atoms with van der Waals surface area (Å²) in [4.78, 5) is 25.1. The number of nitrogens with zero attached hydrogens (tertiary/aromatic N) is 1. The molecule has 0 fully saturated rings. The van der Waals surface area contributed by atoms with Crippen LogP contribution in [-0.4, -0.2) is 31.0 Å². The Morgan fingerprint density at radius 3 is 2.62 bits per heavy atom. The Morgan fingerprint density at radius 1 is 1.38 bits per heavy atom. The third-order valence-electron chi connectivity index (χ3n) is 2.64. The Bertz CT molecular complexity index is 512. The van der Waals surface area contributed by atoms with E-state index >= 15 is 0 Å². The summed E-state index contributed by atoms with van der Waals surface area (Å²) in [5, 5.41) is 2.66. The molecule has 21 heavy (non-hydrogen) atoms. The van der Waals surface area contributed by atoms with Gasteiger partial charge in [-0.25, -0.2) is 0 Å². The highest BCUT2D eigenvalue weighted by atomic mass is 16.5. The van der Waals surface area contributed by atoms with Crippen molar-refractivity contribution in [3.8, 4) is 5.75 Å². The number of nitrogens with one attached hydrogen (secondary N) is 1. The number of hydrogen-bond acceptors (Lipinski definition) is 3. The van der Waals surface area contributed by atoms with Crippen LogP contribution in [0.5, 0.6) is 5.75 Å². The Labute approximate surface area is 125 Å². The molecule has 0 aromatic heterocycles. The lowest BCUT2D eigenvalue weighted by Crippen LogP contribution is -2.40. The van der Waals surface area contributed by atoms with Crippen molar-refractivity contribution in [3.63, 3.8) is 0 Å². The van der Waals surface area contributed by atoms with Crippen LogP contribution in [0.15, 0.2) is 36.9 Å². The van der Waals surface area contributed by atoms with Crippen LogP contribution in [0.25, 0.3) is 0 Å². The largest absolute Gasteiger partial charge is 0.489 e. The van der Waals surface area contributed by atoms with E-state index in [0.717, 1.165) is 0 Å². The van der Waals surface area contributed by atoms with E-state index in [9.17, 15) is 9.59 Å². The van der Waals surface area contributed by atoms with E-state index < -0.39 is 0 Å². The van der Waals surface area contributed by atoms with Gasteiger partial charge in [-0.05, 0) is 26.0 Å². The van der Waals surface area contributed by atoms with Gasteiger partial charge in [-0.15, -0.1) is 6.58 Å². The van der Waals surface area contributed by atoms with Gasteiger partial charge in [0.05, 0.1) is 11.8 Å². The first-order valence-corrected chi connectivity index (χ1v) is 6.87. The minimum Gasteiger partial charge on any atom is -0.489 e. The highest BCUT2D eigenvalue weighted by molar-refractivity contribution is 5.98. The molecule has 0 bridgehead atoms. The topological polar surface area (TPSA) is 58.6 Å². The first-order valence-electron chi connectivity index (χ1n) is 6.87. The Kier molecular flexibility index (Phi) is 6.46. The summed E-state index contributed by atoms with van der Waals surface area (Å²) in [5.41, 5.74) is 0.590. The molecule has 0 aliphatic heterocycles. The van der Waals surface area contributed by atoms with Gasteiger partial charge in [0.1, 0.15) is 12.3 Å². The molecular formula is C16H22N2O3. The lowest BCUT2D eigenvalue weighted by atomic mass is 10.2. The zero-order valence-electron chi connectivity index (χ0n) is 12.8. The highest BCUT2D eigenvalue weighted by Crippen LogP contribution is 2.28. The van der Waals surface area contributed by atoms with Gasteiger partial charge >= 0.3 is 0 Å². The molecule has 1 N–H and O–H groups in total. The van der Waals surface area contributed by atoms with Crippen molar-refractivity contribution in [2.45, 2.75) is 26.9 Å². The summed E-state index contributed by atoms with van der Waals surface area (Å²) >= 11 is 0. The monoisotopic (exact) mass is 290 g/mol. The van der Waals surface area contributed by atoms with Crippen molar-refractivity contribution < 1.29 is 14.3 Å². The number of rotatable bonds is 7.